The summed E-state index contributed by atoms with van der Waals surface area (Å²) in [6.07, 6.45) is 4.46. The van der Waals surface area contributed by atoms with Crippen molar-refractivity contribution in [2.24, 2.45) is 0 Å². The van der Waals surface area contributed by atoms with Crippen LogP contribution in [0.1, 0.15) is 56.9 Å². The average Bonchev–Trinajstić information content (AvgIpc) is 2.67. The molecule has 0 amide bonds. The number of nitrogens with one attached hydrogen (secondary N) is 1. The molecular formula is C22H24BrNO4. The van der Waals surface area contributed by atoms with E-state index in [2.05, 4.69) is 21.2 Å². The lowest BCUT2D eigenvalue weighted by Gasteiger charge is -2.37. The second-order valence-corrected chi connectivity index (χ2v) is 8.22. The van der Waals surface area contributed by atoms with Crippen molar-refractivity contribution in [3.63, 3.8) is 0 Å². The zero-order valence-corrected chi connectivity index (χ0v) is 17.8. The third-order valence-corrected chi connectivity index (χ3v) is 6.25. The monoisotopic (exact) mass is 445 g/mol. The lowest BCUT2D eigenvalue weighted by molar-refractivity contribution is -0.116. The highest BCUT2D eigenvalue weighted by molar-refractivity contribution is 9.10. The molecule has 1 N–H and O–H groups in total. The minimum absolute atomic E-state index is 0.133. The Morgan fingerprint density at radius 3 is 2.18 bits per heavy atom. The number of dihydropyridines is 1. The Kier molecular flexibility index (Phi) is 5.32. The van der Waals surface area contributed by atoms with Crippen LogP contribution >= 0.6 is 15.9 Å². The van der Waals surface area contributed by atoms with Crippen LogP contribution in [0.25, 0.3) is 0 Å². The van der Waals surface area contributed by atoms with Crippen molar-refractivity contribution in [3.05, 3.63) is 44.7 Å². The van der Waals surface area contributed by atoms with E-state index >= 15 is 0 Å². The van der Waals surface area contributed by atoms with Crippen LogP contribution in [0.3, 0.4) is 0 Å². The van der Waals surface area contributed by atoms with E-state index in [9.17, 15) is 9.59 Å². The number of carbonyl (C=O) groups is 2. The second-order valence-electron chi connectivity index (χ2n) is 7.36. The summed E-state index contributed by atoms with van der Waals surface area (Å²) in [4.78, 5) is 25.8. The number of allylic oxidation sites excluding steroid dienone is 4. The second kappa shape index (κ2) is 7.74. The van der Waals surface area contributed by atoms with Gasteiger partial charge in [0.05, 0.1) is 18.2 Å². The number of ketones is 2. The molecule has 0 saturated carbocycles. The van der Waals surface area contributed by atoms with Crippen LogP contribution < -0.4 is 14.8 Å². The van der Waals surface area contributed by atoms with Gasteiger partial charge in [-0.2, -0.15) is 0 Å². The molecule has 0 atom stereocenters. The van der Waals surface area contributed by atoms with E-state index in [1.807, 2.05) is 19.1 Å². The molecule has 1 heterocycles. The van der Waals surface area contributed by atoms with Gasteiger partial charge in [-0.3, -0.25) is 9.59 Å². The first-order valence-electron chi connectivity index (χ1n) is 9.84. The van der Waals surface area contributed by atoms with Gasteiger partial charge in [0.2, 0.25) is 0 Å². The summed E-state index contributed by atoms with van der Waals surface area (Å²) < 4.78 is 12.0. The van der Waals surface area contributed by atoms with E-state index in [1.165, 1.54) is 0 Å². The smallest absolute Gasteiger partial charge is 0.174 e. The number of rotatable bonds is 4. The summed E-state index contributed by atoms with van der Waals surface area (Å²) in [6, 6.07) is 3.87. The van der Waals surface area contributed by atoms with Gasteiger partial charge < -0.3 is 14.8 Å². The maximum absolute atomic E-state index is 12.9. The van der Waals surface area contributed by atoms with Crippen LogP contribution in [0.5, 0.6) is 11.5 Å². The van der Waals surface area contributed by atoms with Crippen molar-refractivity contribution in [3.8, 4) is 11.5 Å². The maximum Gasteiger partial charge on any atom is 0.174 e. The van der Waals surface area contributed by atoms with Gasteiger partial charge in [0.15, 0.2) is 23.1 Å². The van der Waals surface area contributed by atoms with Crippen molar-refractivity contribution in [2.75, 3.05) is 13.7 Å². The number of carbonyl (C=O) groups excluding carboxylic acids is 2. The Morgan fingerprint density at radius 1 is 1.04 bits per heavy atom. The first-order valence-corrected chi connectivity index (χ1v) is 10.6. The van der Waals surface area contributed by atoms with E-state index in [4.69, 9.17) is 9.47 Å². The summed E-state index contributed by atoms with van der Waals surface area (Å²) in [7, 11) is 1.60. The Bertz CT molecular complexity index is 873. The first-order chi connectivity index (χ1) is 13.5. The van der Waals surface area contributed by atoms with Gasteiger partial charge in [-0.15, -0.1) is 0 Å². The van der Waals surface area contributed by atoms with Crippen LogP contribution in [-0.2, 0) is 9.59 Å². The summed E-state index contributed by atoms with van der Waals surface area (Å²) in [5.41, 5.74) is 4.36. The summed E-state index contributed by atoms with van der Waals surface area (Å²) in [5.74, 6) is 1.16. The first kappa shape index (κ1) is 19.2. The topological polar surface area (TPSA) is 64.6 Å². The fourth-order valence-electron chi connectivity index (χ4n) is 4.53. The number of ether oxygens (including phenoxy) is 2. The van der Waals surface area contributed by atoms with Crippen LogP contribution in [0.4, 0.5) is 0 Å². The van der Waals surface area contributed by atoms with Crippen LogP contribution in [0.15, 0.2) is 39.1 Å². The van der Waals surface area contributed by atoms with Crippen LogP contribution in [0, 0.1) is 0 Å². The number of hydrogen-bond donors (Lipinski definition) is 1. The van der Waals surface area contributed by atoms with Crippen LogP contribution in [0.2, 0.25) is 0 Å². The lowest BCUT2D eigenvalue weighted by Crippen LogP contribution is -2.36. The Labute approximate surface area is 173 Å². The van der Waals surface area contributed by atoms with Gasteiger partial charge in [0.25, 0.3) is 0 Å². The number of methoxy groups -OCH3 is 1. The number of halogens is 1. The summed E-state index contributed by atoms with van der Waals surface area (Å²) >= 11 is 3.58. The quantitative estimate of drug-likeness (QED) is 0.735. The van der Waals surface area contributed by atoms with E-state index in [1.54, 1.807) is 7.11 Å². The molecule has 0 radical (unpaired) electrons. The third-order valence-electron chi connectivity index (χ3n) is 5.66. The molecule has 0 spiro atoms. The highest BCUT2D eigenvalue weighted by Crippen LogP contribution is 2.48. The summed E-state index contributed by atoms with van der Waals surface area (Å²) in [5, 5.41) is 3.44. The van der Waals surface area contributed by atoms with Gasteiger partial charge in [-0.25, -0.2) is 0 Å². The Morgan fingerprint density at radius 2 is 1.64 bits per heavy atom. The van der Waals surface area contributed by atoms with Gasteiger partial charge >= 0.3 is 0 Å². The predicted molar refractivity (Wildman–Crippen MR) is 110 cm³/mol. The number of Topliss-reactive ketones (excluding diaryl/α,β-unsaturated/α-hetero) is 2. The molecule has 0 saturated heterocycles. The zero-order chi connectivity index (χ0) is 19.8. The molecule has 0 fully saturated rings. The molecule has 0 unspecified atom stereocenters. The van der Waals surface area contributed by atoms with Crippen molar-refractivity contribution in [2.45, 2.75) is 51.4 Å². The van der Waals surface area contributed by atoms with Crippen LogP contribution in [-0.4, -0.2) is 25.3 Å². The minimum atomic E-state index is -0.340. The standard InChI is InChI=1S/C22H24BrNO4/c1-3-28-18-11-12(10-13(23)22(18)27-2)19-20-14(6-4-8-16(20)25)24-15-7-5-9-17(26)21(15)19/h10-11,19,24H,3-9H2,1-2H3. The average molecular weight is 446 g/mol. The van der Waals surface area contributed by atoms with E-state index in [0.29, 0.717) is 30.9 Å². The van der Waals surface area contributed by atoms with E-state index in [-0.39, 0.29) is 17.5 Å². The Balaban J connectivity index is 1.92. The molecule has 5 nitrogen and oxygen atoms in total. The largest absolute Gasteiger partial charge is 0.492 e. The van der Waals surface area contributed by atoms with E-state index < -0.39 is 0 Å². The normalized spacial score (nSPS) is 20.0. The van der Waals surface area contributed by atoms with Gasteiger partial charge in [-0.1, -0.05) is 0 Å². The SMILES string of the molecule is CCOc1cc(C2C3=C(CCCC3=O)NC3=C2C(=O)CCC3)cc(Br)c1OC. The zero-order valence-electron chi connectivity index (χ0n) is 16.2. The molecule has 6 heteroatoms. The molecular weight excluding hydrogens is 422 g/mol. The minimum Gasteiger partial charge on any atom is -0.492 e. The highest BCUT2D eigenvalue weighted by Gasteiger charge is 2.40. The lowest BCUT2D eigenvalue weighted by atomic mass is 9.71. The molecule has 148 valence electrons. The molecule has 0 bridgehead atoms. The summed E-state index contributed by atoms with van der Waals surface area (Å²) in [6.45, 7) is 2.42. The highest BCUT2D eigenvalue weighted by atomic mass is 79.9. The molecule has 3 aliphatic rings. The molecule has 28 heavy (non-hydrogen) atoms. The molecule has 1 aromatic carbocycles. The molecule has 1 aromatic rings. The molecule has 1 aliphatic heterocycles. The van der Waals surface area contributed by atoms with Crippen molar-refractivity contribution in [1.29, 1.82) is 0 Å². The van der Waals surface area contributed by atoms with E-state index in [0.717, 1.165) is 58.3 Å². The fourth-order valence-corrected chi connectivity index (χ4v) is 5.15. The number of hydrogen-bond acceptors (Lipinski definition) is 5. The predicted octanol–water partition coefficient (Wildman–Crippen LogP) is 4.56. The van der Waals surface area contributed by atoms with Gasteiger partial charge in [-0.05, 0) is 66.2 Å². The van der Waals surface area contributed by atoms with Crippen molar-refractivity contribution in [1.82, 2.24) is 5.32 Å². The van der Waals surface area contributed by atoms with Crippen molar-refractivity contribution < 1.29 is 19.1 Å². The Hall–Kier alpha value is -2.08. The molecule has 4 rings (SSSR count). The third kappa shape index (κ3) is 3.17. The van der Waals surface area contributed by atoms with Gasteiger partial charge in [0.1, 0.15) is 0 Å². The number of benzene rings is 1. The molecule has 2 aliphatic carbocycles. The maximum atomic E-state index is 12.9. The fraction of sp³-hybridized carbons (Fsp3) is 0.455. The van der Waals surface area contributed by atoms with Crippen molar-refractivity contribution >= 4 is 27.5 Å². The van der Waals surface area contributed by atoms with Gasteiger partial charge in [0, 0.05) is 41.3 Å². The molecule has 0 aromatic heterocycles.